The zero-order valence-electron chi connectivity index (χ0n) is 11.3. The molecular weight excluding hydrogens is 256 g/mol. The largest absolute Gasteiger partial charge is 0.496 e. The Morgan fingerprint density at radius 1 is 1.11 bits per heavy atom. The molecule has 1 aromatic heterocycles. The van der Waals surface area contributed by atoms with Crippen LogP contribution in [0.15, 0.2) is 36.4 Å². The van der Waals surface area contributed by atoms with Gasteiger partial charge in [0.05, 0.1) is 7.11 Å². The monoisotopic (exact) mass is 274 g/mol. The van der Waals surface area contributed by atoms with Crippen molar-refractivity contribution in [2.75, 3.05) is 7.11 Å². The summed E-state index contributed by atoms with van der Waals surface area (Å²) >= 11 is 1.73. The van der Waals surface area contributed by atoms with Crippen molar-refractivity contribution in [1.29, 1.82) is 0 Å². The number of methoxy groups -OCH3 is 1. The summed E-state index contributed by atoms with van der Waals surface area (Å²) in [6, 6.07) is 11.9. The first kappa shape index (κ1) is 13.8. The summed E-state index contributed by atoms with van der Waals surface area (Å²) in [6.45, 7) is 2.13. The van der Waals surface area contributed by atoms with Gasteiger partial charge in [0.2, 0.25) is 0 Å². The van der Waals surface area contributed by atoms with Crippen molar-refractivity contribution in [3.05, 3.63) is 51.7 Å². The molecule has 19 heavy (non-hydrogen) atoms. The Balaban J connectivity index is 2.01. The molecule has 0 bridgehead atoms. The molecule has 0 aliphatic heterocycles. The Hall–Kier alpha value is -1.61. The molecule has 0 N–H and O–H groups in total. The first-order chi connectivity index (χ1) is 9.22. The predicted octanol–water partition coefficient (Wildman–Crippen LogP) is 3.67. The van der Waals surface area contributed by atoms with Crippen LogP contribution in [-0.2, 0) is 24.1 Å². The Morgan fingerprint density at radius 2 is 1.84 bits per heavy atom. The number of carbonyl (C=O) groups excluding carboxylic acids is 1. The van der Waals surface area contributed by atoms with Crippen molar-refractivity contribution >= 4 is 17.1 Å². The molecule has 0 aliphatic carbocycles. The second-order valence-corrected chi connectivity index (χ2v) is 5.68. The van der Waals surface area contributed by atoms with Crippen LogP contribution in [0.2, 0.25) is 0 Å². The highest BCUT2D eigenvalue weighted by Gasteiger charge is 2.10. The number of thiophene rings is 1. The van der Waals surface area contributed by atoms with E-state index in [1.807, 2.05) is 24.3 Å². The topological polar surface area (TPSA) is 26.3 Å². The third kappa shape index (κ3) is 3.67. The van der Waals surface area contributed by atoms with Gasteiger partial charge in [-0.05, 0) is 24.6 Å². The van der Waals surface area contributed by atoms with E-state index < -0.39 is 0 Å². The maximum Gasteiger partial charge on any atom is 0.142 e. The minimum atomic E-state index is 0.231. The molecule has 0 aliphatic rings. The summed E-state index contributed by atoms with van der Waals surface area (Å²) in [6.07, 6.45) is 1.98. The summed E-state index contributed by atoms with van der Waals surface area (Å²) in [4.78, 5) is 14.6. The van der Waals surface area contributed by atoms with Crippen molar-refractivity contribution < 1.29 is 9.53 Å². The molecule has 2 nitrogen and oxygen atoms in total. The number of ketones is 1. The Bertz CT molecular complexity index is 557. The van der Waals surface area contributed by atoms with E-state index in [0.29, 0.717) is 12.8 Å². The van der Waals surface area contributed by atoms with Gasteiger partial charge in [0.25, 0.3) is 0 Å². The first-order valence-electron chi connectivity index (χ1n) is 6.44. The number of carbonyl (C=O) groups is 1. The molecule has 0 unspecified atom stereocenters. The lowest BCUT2D eigenvalue weighted by Gasteiger charge is -2.06. The third-order valence-electron chi connectivity index (χ3n) is 3.02. The van der Waals surface area contributed by atoms with Crippen molar-refractivity contribution in [3.63, 3.8) is 0 Å². The number of hydrogen-bond acceptors (Lipinski definition) is 3. The standard InChI is InChI=1S/C16H18O2S/c1-3-14-8-9-15(19-14)11-13(17)10-12-6-4-5-7-16(12)18-2/h4-9H,3,10-11H2,1-2H3. The van der Waals surface area contributed by atoms with E-state index in [1.165, 1.54) is 4.88 Å². The lowest BCUT2D eigenvalue weighted by molar-refractivity contribution is -0.117. The molecule has 100 valence electrons. The summed E-state index contributed by atoms with van der Waals surface area (Å²) in [5, 5.41) is 0. The maximum absolute atomic E-state index is 12.1. The summed E-state index contributed by atoms with van der Waals surface area (Å²) in [5.41, 5.74) is 0.960. The van der Waals surface area contributed by atoms with Crippen LogP contribution in [0.25, 0.3) is 0 Å². The van der Waals surface area contributed by atoms with Crippen molar-refractivity contribution in [2.24, 2.45) is 0 Å². The van der Waals surface area contributed by atoms with Gasteiger partial charge in [0.15, 0.2) is 0 Å². The molecule has 3 heteroatoms. The average molecular weight is 274 g/mol. The normalized spacial score (nSPS) is 10.4. The summed E-state index contributed by atoms with van der Waals surface area (Å²) in [5.74, 6) is 1.02. The molecule has 1 heterocycles. The van der Waals surface area contributed by atoms with Gasteiger partial charge in [-0.3, -0.25) is 4.79 Å². The van der Waals surface area contributed by atoms with E-state index in [0.717, 1.165) is 22.6 Å². The van der Waals surface area contributed by atoms with Crippen LogP contribution in [-0.4, -0.2) is 12.9 Å². The van der Waals surface area contributed by atoms with Gasteiger partial charge in [-0.1, -0.05) is 25.1 Å². The number of para-hydroxylation sites is 1. The van der Waals surface area contributed by atoms with E-state index in [2.05, 4.69) is 19.1 Å². The van der Waals surface area contributed by atoms with Crippen LogP contribution in [0.3, 0.4) is 0 Å². The average Bonchev–Trinajstić information content (AvgIpc) is 2.87. The quantitative estimate of drug-likeness (QED) is 0.803. The molecule has 2 aromatic rings. The number of ether oxygens (including phenoxy) is 1. The van der Waals surface area contributed by atoms with Crippen LogP contribution in [0, 0.1) is 0 Å². The first-order valence-corrected chi connectivity index (χ1v) is 7.25. The van der Waals surface area contributed by atoms with Crippen LogP contribution >= 0.6 is 11.3 Å². The van der Waals surface area contributed by atoms with E-state index in [1.54, 1.807) is 18.4 Å². The van der Waals surface area contributed by atoms with Gasteiger partial charge in [0.1, 0.15) is 11.5 Å². The molecule has 0 amide bonds. The van der Waals surface area contributed by atoms with Crippen molar-refractivity contribution in [2.45, 2.75) is 26.2 Å². The fraction of sp³-hybridized carbons (Fsp3) is 0.312. The molecule has 0 atom stereocenters. The molecular formula is C16H18O2S. The fourth-order valence-corrected chi connectivity index (χ4v) is 3.01. The van der Waals surface area contributed by atoms with Gasteiger partial charge in [-0.25, -0.2) is 0 Å². The lowest BCUT2D eigenvalue weighted by Crippen LogP contribution is -2.06. The number of aryl methyl sites for hydroxylation is 1. The van der Waals surface area contributed by atoms with E-state index in [4.69, 9.17) is 4.74 Å². The Kier molecular flexibility index (Phi) is 4.74. The zero-order valence-corrected chi connectivity index (χ0v) is 12.1. The van der Waals surface area contributed by atoms with Crippen LogP contribution in [0.1, 0.15) is 22.2 Å². The minimum absolute atomic E-state index is 0.231. The lowest BCUT2D eigenvalue weighted by atomic mass is 10.1. The van der Waals surface area contributed by atoms with E-state index in [9.17, 15) is 4.79 Å². The number of benzene rings is 1. The Morgan fingerprint density at radius 3 is 2.53 bits per heavy atom. The smallest absolute Gasteiger partial charge is 0.142 e. The second-order valence-electron chi connectivity index (χ2n) is 4.43. The van der Waals surface area contributed by atoms with E-state index in [-0.39, 0.29) is 5.78 Å². The molecule has 0 radical (unpaired) electrons. The molecule has 0 spiro atoms. The van der Waals surface area contributed by atoms with E-state index >= 15 is 0 Å². The maximum atomic E-state index is 12.1. The highest BCUT2D eigenvalue weighted by Crippen LogP contribution is 2.21. The van der Waals surface area contributed by atoms with Gasteiger partial charge < -0.3 is 4.74 Å². The fourth-order valence-electron chi connectivity index (χ4n) is 2.03. The van der Waals surface area contributed by atoms with Crippen LogP contribution < -0.4 is 4.74 Å². The van der Waals surface area contributed by atoms with Crippen molar-refractivity contribution in [1.82, 2.24) is 0 Å². The summed E-state index contributed by atoms with van der Waals surface area (Å²) in [7, 11) is 1.64. The molecule has 1 aromatic carbocycles. The highest BCUT2D eigenvalue weighted by molar-refractivity contribution is 7.12. The second kappa shape index (κ2) is 6.53. The SMILES string of the molecule is CCc1ccc(CC(=O)Cc2ccccc2OC)s1. The predicted molar refractivity (Wildman–Crippen MR) is 79.1 cm³/mol. The van der Waals surface area contributed by atoms with Crippen molar-refractivity contribution in [3.8, 4) is 5.75 Å². The van der Waals surface area contributed by atoms with Crippen LogP contribution in [0.4, 0.5) is 0 Å². The minimum Gasteiger partial charge on any atom is -0.496 e. The summed E-state index contributed by atoms with van der Waals surface area (Å²) < 4.78 is 5.27. The molecule has 0 saturated carbocycles. The molecule has 2 rings (SSSR count). The zero-order chi connectivity index (χ0) is 13.7. The molecule has 0 saturated heterocycles. The van der Waals surface area contributed by atoms with Gasteiger partial charge in [0, 0.05) is 28.2 Å². The molecule has 0 fully saturated rings. The van der Waals surface area contributed by atoms with Crippen LogP contribution in [0.5, 0.6) is 5.75 Å². The third-order valence-corrected chi connectivity index (χ3v) is 4.25. The van der Waals surface area contributed by atoms with Gasteiger partial charge in [-0.15, -0.1) is 11.3 Å². The highest BCUT2D eigenvalue weighted by atomic mass is 32.1. The number of rotatable bonds is 6. The number of hydrogen-bond donors (Lipinski definition) is 0. The number of Topliss-reactive ketones (excluding diaryl/α,β-unsaturated/α-hetero) is 1. The Labute approximate surface area is 118 Å². The van der Waals surface area contributed by atoms with Gasteiger partial charge >= 0.3 is 0 Å². The van der Waals surface area contributed by atoms with Gasteiger partial charge in [-0.2, -0.15) is 0 Å².